The molecule has 0 amide bonds. The summed E-state index contributed by atoms with van der Waals surface area (Å²) in [6.07, 6.45) is 6.94. The van der Waals surface area contributed by atoms with Crippen LogP contribution in [0.1, 0.15) is 55.8 Å². The first-order valence-corrected chi connectivity index (χ1v) is 8.73. The third kappa shape index (κ3) is 2.26. The molecule has 0 spiro atoms. The topological polar surface area (TPSA) is 46.5 Å². The molecular formula is C19H23FO3. The predicted octanol–water partition coefficient (Wildman–Crippen LogP) is 4.51. The Labute approximate surface area is 135 Å². The van der Waals surface area contributed by atoms with Crippen LogP contribution in [-0.4, -0.2) is 16.7 Å². The molecule has 124 valence electrons. The number of benzene rings is 1. The minimum Gasteiger partial charge on any atom is -0.484 e. The van der Waals surface area contributed by atoms with E-state index in [-0.39, 0.29) is 16.9 Å². The van der Waals surface area contributed by atoms with Crippen molar-refractivity contribution in [1.82, 2.24) is 0 Å². The average Bonchev–Trinajstić information content (AvgIpc) is 2.52. The van der Waals surface area contributed by atoms with Gasteiger partial charge in [-0.1, -0.05) is 6.92 Å². The molecule has 5 rings (SSSR count). The van der Waals surface area contributed by atoms with E-state index in [0.29, 0.717) is 11.8 Å². The SMILES string of the molecule is CCC1(Oc2cc(C(=O)O)ccc2F)C2CC3CC(C2)CC1C3. The van der Waals surface area contributed by atoms with Crippen molar-refractivity contribution in [3.8, 4) is 5.75 Å². The highest BCUT2D eigenvalue weighted by atomic mass is 19.1. The normalized spacial score (nSPS) is 37.8. The first-order chi connectivity index (χ1) is 11.0. The summed E-state index contributed by atoms with van der Waals surface area (Å²) in [6.45, 7) is 2.13. The minimum absolute atomic E-state index is 0.0801. The van der Waals surface area contributed by atoms with Gasteiger partial charge in [-0.2, -0.15) is 0 Å². The number of halogens is 1. The van der Waals surface area contributed by atoms with E-state index >= 15 is 0 Å². The van der Waals surface area contributed by atoms with Crippen LogP contribution in [0.15, 0.2) is 18.2 Å². The molecule has 0 aromatic heterocycles. The lowest BCUT2D eigenvalue weighted by Crippen LogP contribution is -2.60. The van der Waals surface area contributed by atoms with Gasteiger partial charge in [0.1, 0.15) is 5.60 Å². The molecule has 4 heteroatoms. The molecule has 0 unspecified atom stereocenters. The molecule has 0 saturated heterocycles. The van der Waals surface area contributed by atoms with Crippen molar-refractivity contribution in [2.75, 3.05) is 0 Å². The lowest BCUT2D eigenvalue weighted by atomic mass is 9.49. The van der Waals surface area contributed by atoms with Crippen molar-refractivity contribution in [3.05, 3.63) is 29.6 Å². The van der Waals surface area contributed by atoms with Gasteiger partial charge in [-0.15, -0.1) is 0 Å². The van der Waals surface area contributed by atoms with Crippen molar-refractivity contribution in [1.29, 1.82) is 0 Å². The molecule has 4 fully saturated rings. The highest BCUT2D eigenvalue weighted by molar-refractivity contribution is 5.88. The van der Waals surface area contributed by atoms with Crippen LogP contribution < -0.4 is 4.74 Å². The molecule has 4 aliphatic carbocycles. The fourth-order valence-corrected chi connectivity index (χ4v) is 5.72. The Morgan fingerprint density at radius 3 is 2.35 bits per heavy atom. The summed E-state index contributed by atoms with van der Waals surface area (Å²) in [7, 11) is 0. The quantitative estimate of drug-likeness (QED) is 0.888. The zero-order valence-electron chi connectivity index (χ0n) is 13.4. The van der Waals surface area contributed by atoms with E-state index in [1.54, 1.807) is 0 Å². The molecule has 4 aliphatic rings. The molecule has 3 nitrogen and oxygen atoms in total. The monoisotopic (exact) mass is 318 g/mol. The number of aromatic carboxylic acids is 1. The van der Waals surface area contributed by atoms with Gasteiger partial charge in [-0.3, -0.25) is 0 Å². The Morgan fingerprint density at radius 1 is 1.22 bits per heavy atom. The third-order valence-electron chi connectivity index (χ3n) is 6.55. The summed E-state index contributed by atoms with van der Waals surface area (Å²) in [6, 6.07) is 3.85. The van der Waals surface area contributed by atoms with Crippen LogP contribution in [0.3, 0.4) is 0 Å². The van der Waals surface area contributed by atoms with E-state index < -0.39 is 11.8 Å². The fourth-order valence-electron chi connectivity index (χ4n) is 5.72. The van der Waals surface area contributed by atoms with Gasteiger partial charge in [-0.25, -0.2) is 9.18 Å². The van der Waals surface area contributed by atoms with E-state index in [1.165, 1.54) is 50.3 Å². The van der Waals surface area contributed by atoms with Gasteiger partial charge in [0.05, 0.1) is 5.56 Å². The van der Waals surface area contributed by atoms with Crippen molar-refractivity contribution in [2.45, 2.75) is 51.0 Å². The standard InChI is InChI=1S/C19H23FO3/c1-2-19(14-6-11-5-12(8-14)9-15(19)7-11)23-17-10-13(18(21)22)3-4-16(17)20/h3-4,10-12,14-15H,2,5-9H2,1H3,(H,21,22). The molecule has 1 aromatic rings. The van der Waals surface area contributed by atoms with E-state index in [4.69, 9.17) is 9.84 Å². The first kappa shape index (κ1) is 15.0. The smallest absolute Gasteiger partial charge is 0.335 e. The van der Waals surface area contributed by atoms with Crippen LogP contribution in [0, 0.1) is 29.5 Å². The number of hydrogen-bond donors (Lipinski definition) is 1. The Bertz CT molecular complexity index is 612. The van der Waals surface area contributed by atoms with Crippen LogP contribution in [0.5, 0.6) is 5.75 Å². The molecule has 0 radical (unpaired) electrons. The van der Waals surface area contributed by atoms with Crippen molar-refractivity contribution < 1.29 is 19.0 Å². The van der Waals surface area contributed by atoms with Crippen LogP contribution in [0.25, 0.3) is 0 Å². The fraction of sp³-hybridized carbons (Fsp3) is 0.632. The van der Waals surface area contributed by atoms with Gasteiger partial charge in [0.25, 0.3) is 0 Å². The number of ether oxygens (including phenoxy) is 1. The highest BCUT2D eigenvalue weighted by Gasteiger charge is 2.58. The van der Waals surface area contributed by atoms with Crippen molar-refractivity contribution >= 4 is 5.97 Å². The van der Waals surface area contributed by atoms with Gasteiger partial charge >= 0.3 is 5.97 Å². The van der Waals surface area contributed by atoms with Crippen molar-refractivity contribution in [2.24, 2.45) is 23.7 Å². The second-order valence-corrected chi connectivity index (χ2v) is 7.67. The molecule has 4 bridgehead atoms. The lowest BCUT2D eigenvalue weighted by Gasteiger charge is -2.60. The number of carboxylic acid groups (broad SMARTS) is 1. The number of carboxylic acids is 1. The molecular weight excluding hydrogens is 295 g/mol. The van der Waals surface area contributed by atoms with Crippen LogP contribution in [0.2, 0.25) is 0 Å². The van der Waals surface area contributed by atoms with Gasteiger partial charge in [-0.05, 0) is 80.4 Å². The summed E-state index contributed by atoms with van der Waals surface area (Å²) in [5, 5.41) is 9.15. The van der Waals surface area contributed by atoms with Gasteiger partial charge in [0.15, 0.2) is 11.6 Å². The minimum atomic E-state index is -1.05. The number of carbonyl (C=O) groups is 1. The summed E-state index contributed by atoms with van der Waals surface area (Å²) in [5.41, 5.74) is -0.234. The van der Waals surface area contributed by atoms with E-state index in [2.05, 4.69) is 6.92 Å². The highest BCUT2D eigenvalue weighted by Crippen LogP contribution is 2.60. The molecule has 4 saturated carbocycles. The summed E-state index contributed by atoms with van der Waals surface area (Å²) >= 11 is 0. The largest absolute Gasteiger partial charge is 0.484 e. The first-order valence-electron chi connectivity index (χ1n) is 8.73. The maximum atomic E-state index is 14.2. The Hall–Kier alpha value is -1.58. The van der Waals surface area contributed by atoms with Crippen molar-refractivity contribution in [3.63, 3.8) is 0 Å². The van der Waals surface area contributed by atoms with E-state index in [9.17, 15) is 9.18 Å². The Morgan fingerprint density at radius 2 is 1.83 bits per heavy atom. The molecule has 0 heterocycles. The molecule has 0 atom stereocenters. The lowest BCUT2D eigenvalue weighted by molar-refractivity contribution is -0.159. The van der Waals surface area contributed by atoms with Crippen LogP contribution in [0.4, 0.5) is 4.39 Å². The summed E-state index contributed by atoms with van der Waals surface area (Å²) in [5.74, 6) is 1.20. The molecule has 23 heavy (non-hydrogen) atoms. The third-order valence-corrected chi connectivity index (χ3v) is 6.55. The van der Waals surface area contributed by atoms with Gasteiger partial charge in [0, 0.05) is 0 Å². The van der Waals surface area contributed by atoms with E-state index in [1.807, 2.05) is 0 Å². The zero-order valence-corrected chi connectivity index (χ0v) is 13.4. The second kappa shape index (κ2) is 5.22. The molecule has 0 aliphatic heterocycles. The van der Waals surface area contributed by atoms with E-state index in [0.717, 1.165) is 18.3 Å². The van der Waals surface area contributed by atoms with Gasteiger partial charge < -0.3 is 9.84 Å². The molecule has 1 aromatic carbocycles. The molecule has 1 N–H and O–H groups in total. The van der Waals surface area contributed by atoms with Crippen LogP contribution in [-0.2, 0) is 0 Å². The van der Waals surface area contributed by atoms with Gasteiger partial charge in [0.2, 0.25) is 0 Å². The maximum Gasteiger partial charge on any atom is 0.335 e. The maximum absolute atomic E-state index is 14.2. The predicted molar refractivity (Wildman–Crippen MR) is 84.1 cm³/mol. The number of hydrogen-bond acceptors (Lipinski definition) is 2. The van der Waals surface area contributed by atoms with Crippen LogP contribution >= 0.6 is 0 Å². The summed E-state index contributed by atoms with van der Waals surface area (Å²) < 4.78 is 20.5. The average molecular weight is 318 g/mol. The Kier molecular flexibility index (Phi) is 3.40. The second-order valence-electron chi connectivity index (χ2n) is 7.67. The zero-order chi connectivity index (χ0) is 16.2. The summed E-state index contributed by atoms with van der Waals surface area (Å²) in [4.78, 5) is 11.2. The number of rotatable bonds is 4. The Balaban J connectivity index is 1.69.